The molecule has 2 aliphatic rings. The summed E-state index contributed by atoms with van der Waals surface area (Å²) >= 11 is 0. The van der Waals surface area contributed by atoms with E-state index >= 15 is 0 Å². The molecule has 0 bridgehead atoms. The van der Waals surface area contributed by atoms with Gasteiger partial charge in [0.05, 0.1) is 6.54 Å². The summed E-state index contributed by atoms with van der Waals surface area (Å²) < 4.78 is 0. The van der Waals surface area contributed by atoms with Gasteiger partial charge in [0.15, 0.2) is 0 Å². The Labute approximate surface area is 156 Å². The molecule has 26 heavy (non-hydrogen) atoms. The second-order valence-corrected chi connectivity index (χ2v) is 8.06. The molecule has 0 aromatic heterocycles. The third kappa shape index (κ3) is 5.07. The zero-order valence-electron chi connectivity index (χ0n) is 16.0. The SMILES string of the molecule is CC1CCN(CC(=O)Nc2ccc(C(=O)N3CCC(C)CC3)cc2)CC1. The molecule has 3 rings (SSSR count). The number of carbonyl (C=O) groups is 2. The van der Waals surface area contributed by atoms with Crippen molar-refractivity contribution in [2.45, 2.75) is 39.5 Å². The largest absolute Gasteiger partial charge is 0.339 e. The minimum absolute atomic E-state index is 0.0173. The third-order valence-electron chi connectivity index (χ3n) is 5.73. The highest BCUT2D eigenvalue weighted by atomic mass is 16.2. The molecule has 0 aliphatic carbocycles. The van der Waals surface area contributed by atoms with E-state index in [4.69, 9.17) is 0 Å². The maximum atomic E-state index is 12.6. The molecule has 5 heteroatoms. The van der Waals surface area contributed by atoms with Crippen molar-refractivity contribution in [2.75, 3.05) is 38.0 Å². The minimum atomic E-state index is 0.0173. The maximum absolute atomic E-state index is 12.6. The number of likely N-dealkylation sites (tertiary alicyclic amines) is 2. The number of amides is 2. The van der Waals surface area contributed by atoms with Gasteiger partial charge in [-0.05, 0) is 74.9 Å². The van der Waals surface area contributed by atoms with E-state index in [-0.39, 0.29) is 11.8 Å². The molecule has 2 saturated heterocycles. The number of anilines is 1. The van der Waals surface area contributed by atoms with E-state index in [9.17, 15) is 9.59 Å². The number of hydrogen-bond acceptors (Lipinski definition) is 3. The lowest BCUT2D eigenvalue weighted by atomic mass is 9.98. The van der Waals surface area contributed by atoms with Gasteiger partial charge in [-0.3, -0.25) is 14.5 Å². The first-order valence-electron chi connectivity index (χ1n) is 9.93. The summed E-state index contributed by atoms with van der Waals surface area (Å²) in [6.07, 6.45) is 4.49. The van der Waals surface area contributed by atoms with Crippen molar-refractivity contribution in [3.8, 4) is 0 Å². The van der Waals surface area contributed by atoms with Crippen molar-refractivity contribution in [2.24, 2.45) is 11.8 Å². The van der Waals surface area contributed by atoms with Gasteiger partial charge in [0, 0.05) is 24.3 Å². The highest BCUT2D eigenvalue weighted by molar-refractivity contribution is 5.96. The summed E-state index contributed by atoms with van der Waals surface area (Å²) in [5, 5.41) is 2.95. The van der Waals surface area contributed by atoms with E-state index in [0.29, 0.717) is 18.0 Å². The number of nitrogens with one attached hydrogen (secondary N) is 1. The van der Waals surface area contributed by atoms with Gasteiger partial charge >= 0.3 is 0 Å². The summed E-state index contributed by atoms with van der Waals surface area (Å²) in [5.74, 6) is 1.59. The molecule has 0 atom stereocenters. The molecule has 2 amide bonds. The Hall–Kier alpha value is -1.88. The van der Waals surface area contributed by atoms with Crippen LogP contribution in [0.4, 0.5) is 5.69 Å². The van der Waals surface area contributed by atoms with Gasteiger partial charge in [0.1, 0.15) is 0 Å². The Morgan fingerprint density at radius 1 is 0.923 bits per heavy atom. The smallest absolute Gasteiger partial charge is 0.253 e. The van der Waals surface area contributed by atoms with E-state index in [1.165, 1.54) is 12.8 Å². The molecule has 0 radical (unpaired) electrons. The van der Waals surface area contributed by atoms with Crippen LogP contribution in [0.1, 0.15) is 49.9 Å². The van der Waals surface area contributed by atoms with Crippen LogP contribution < -0.4 is 5.32 Å². The molecular formula is C21H31N3O2. The van der Waals surface area contributed by atoms with E-state index < -0.39 is 0 Å². The lowest BCUT2D eigenvalue weighted by Crippen LogP contribution is -2.38. The topological polar surface area (TPSA) is 52.7 Å². The number of rotatable bonds is 4. The summed E-state index contributed by atoms with van der Waals surface area (Å²) in [6, 6.07) is 7.29. The van der Waals surface area contributed by atoms with Crippen LogP contribution in [0.3, 0.4) is 0 Å². The quantitative estimate of drug-likeness (QED) is 0.900. The molecule has 2 fully saturated rings. The van der Waals surface area contributed by atoms with E-state index in [0.717, 1.165) is 50.6 Å². The van der Waals surface area contributed by atoms with Crippen LogP contribution in [0, 0.1) is 11.8 Å². The highest BCUT2D eigenvalue weighted by Crippen LogP contribution is 2.19. The van der Waals surface area contributed by atoms with Gasteiger partial charge in [-0.1, -0.05) is 13.8 Å². The van der Waals surface area contributed by atoms with Crippen molar-refractivity contribution in [3.63, 3.8) is 0 Å². The molecule has 1 aromatic rings. The van der Waals surface area contributed by atoms with Crippen LogP contribution in [0.5, 0.6) is 0 Å². The van der Waals surface area contributed by atoms with Crippen molar-refractivity contribution < 1.29 is 9.59 Å². The van der Waals surface area contributed by atoms with Crippen LogP contribution in [-0.4, -0.2) is 54.3 Å². The van der Waals surface area contributed by atoms with Crippen LogP contribution in [0.25, 0.3) is 0 Å². The molecule has 5 nitrogen and oxygen atoms in total. The van der Waals surface area contributed by atoms with Gasteiger partial charge in [-0.15, -0.1) is 0 Å². The van der Waals surface area contributed by atoms with Crippen LogP contribution >= 0.6 is 0 Å². The molecule has 2 aliphatic heterocycles. The van der Waals surface area contributed by atoms with Gasteiger partial charge in [-0.2, -0.15) is 0 Å². The number of hydrogen-bond donors (Lipinski definition) is 1. The highest BCUT2D eigenvalue weighted by Gasteiger charge is 2.21. The van der Waals surface area contributed by atoms with Gasteiger partial charge in [0.2, 0.25) is 5.91 Å². The molecule has 2 heterocycles. The summed E-state index contributed by atoms with van der Waals surface area (Å²) in [6.45, 7) is 8.63. The fourth-order valence-corrected chi connectivity index (χ4v) is 3.71. The monoisotopic (exact) mass is 357 g/mol. The Bertz CT molecular complexity index is 613. The van der Waals surface area contributed by atoms with Crippen molar-refractivity contribution in [1.29, 1.82) is 0 Å². The molecular weight excluding hydrogens is 326 g/mol. The number of piperidine rings is 2. The lowest BCUT2D eigenvalue weighted by Gasteiger charge is -2.30. The normalized spacial score (nSPS) is 20.2. The average molecular weight is 357 g/mol. The molecule has 0 saturated carbocycles. The fraction of sp³-hybridized carbons (Fsp3) is 0.619. The minimum Gasteiger partial charge on any atom is -0.339 e. The first kappa shape index (κ1) is 18.9. The second kappa shape index (κ2) is 8.67. The van der Waals surface area contributed by atoms with Gasteiger partial charge < -0.3 is 10.2 Å². The Kier molecular flexibility index (Phi) is 6.30. The van der Waals surface area contributed by atoms with E-state index in [2.05, 4.69) is 24.1 Å². The molecule has 0 unspecified atom stereocenters. The predicted molar refractivity (Wildman–Crippen MR) is 104 cm³/mol. The standard InChI is InChI=1S/C21H31N3O2/c1-16-7-11-23(12-8-16)15-20(25)22-19-5-3-18(4-6-19)21(26)24-13-9-17(2)10-14-24/h3-6,16-17H,7-15H2,1-2H3,(H,22,25). The first-order chi connectivity index (χ1) is 12.5. The van der Waals surface area contributed by atoms with E-state index in [1.807, 2.05) is 29.2 Å². The number of nitrogens with zero attached hydrogens (tertiary/aromatic N) is 2. The van der Waals surface area contributed by atoms with Crippen LogP contribution in [0.15, 0.2) is 24.3 Å². The number of benzene rings is 1. The Balaban J connectivity index is 1.49. The van der Waals surface area contributed by atoms with Crippen molar-refractivity contribution >= 4 is 17.5 Å². The third-order valence-corrected chi connectivity index (χ3v) is 5.73. The van der Waals surface area contributed by atoms with Crippen LogP contribution in [0.2, 0.25) is 0 Å². The maximum Gasteiger partial charge on any atom is 0.253 e. The van der Waals surface area contributed by atoms with Crippen LogP contribution in [-0.2, 0) is 4.79 Å². The summed E-state index contributed by atoms with van der Waals surface area (Å²) in [4.78, 5) is 28.9. The number of carbonyl (C=O) groups excluding carboxylic acids is 2. The zero-order valence-corrected chi connectivity index (χ0v) is 16.0. The summed E-state index contributed by atoms with van der Waals surface area (Å²) in [5.41, 5.74) is 1.45. The lowest BCUT2D eigenvalue weighted by molar-refractivity contribution is -0.117. The van der Waals surface area contributed by atoms with Crippen molar-refractivity contribution in [1.82, 2.24) is 9.80 Å². The first-order valence-corrected chi connectivity index (χ1v) is 9.93. The molecule has 0 spiro atoms. The average Bonchev–Trinajstić information content (AvgIpc) is 2.64. The van der Waals surface area contributed by atoms with Crippen molar-refractivity contribution in [3.05, 3.63) is 29.8 Å². The van der Waals surface area contributed by atoms with Gasteiger partial charge in [0.25, 0.3) is 5.91 Å². The molecule has 1 N–H and O–H groups in total. The molecule has 1 aromatic carbocycles. The summed E-state index contributed by atoms with van der Waals surface area (Å²) in [7, 11) is 0. The second-order valence-electron chi connectivity index (χ2n) is 8.06. The Morgan fingerprint density at radius 3 is 2.04 bits per heavy atom. The Morgan fingerprint density at radius 2 is 1.46 bits per heavy atom. The molecule has 142 valence electrons. The fourth-order valence-electron chi connectivity index (χ4n) is 3.71. The predicted octanol–water partition coefficient (Wildman–Crippen LogP) is 3.23. The zero-order chi connectivity index (χ0) is 18.5. The van der Waals surface area contributed by atoms with Gasteiger partial charge in [-0.25, -0.2) is 0 Å². The van der Waals surface area contributed by atoms with E-state index in [1.54, 1.807) is 0 Å².